The van der Waals surface area contributed by atoms with Gasteiger partial charge < -0.3 is 20.2 Å². The summed E-state index contributed by atoms with van der Waals surface area (Å²) in [6, 6.07) is 15.7. The van der Waals surface area contributed by atoms with Gasteiger partial charge in [-0.2, -0.15) is 0 Å². The molecule has 0 amide bonds. The van der Waals surface area contributed by atoms with Crippen LogP contribution in [-0.2, 0) is 6.54 Å². The molecule has 5 nitrogen and oxygen atoms in total. The van der Waals surface area contributed by atoms with Crippen LogP contribution in [-0.4, -0.2) is 25.0 Å². The van der Waals surface area contributed by atoms with Gasteiger partial charge in [0.15, 0.2) is 0 Å². The highest BCUT2D eigenvalue weighted by atomic mass is 35.5. The van der Waals surface area contributed by atoms with Crippen LogP contribution >= 0.6 is 12.4 Å². The molecule has 2 aromatic carbocycles. The van der Waals surface area contributed by atoms with Crippen LogP contribution in [0.2, 0.25) is 0 Å². The third kappa shape index (κ3) is 3.46. The molecular formula is C18H20ClN3O2. The van der Waals surface area contributed by atoms with E-state index in [1.165, 1.54) is 0 Å². The Morgan fingerprint density at radius 1 is 1.04 bits per heavy atom. The van der Waals surface area contributed by atoms with Crippen molar-refractivity contribution in [1.29, 1.82) is 0 Å². The summed E-state index contributed by atoms with van der Waals surface area (Å²) in [5.74, 6) is 1.92. The SMILES string of the molecule is COc1cccc(OC)c1CN=C(N)c1cc2ccccc2[nH]1.Cl. The van der Waals surface area contributed by atoms with Crippen molar-refractivity contribution in [2.45, 2.75) is 6.54 Å². The van der Waals surface area contributed by atoms with Crippen LogP contribution in [0.15, 0.2) is 53.5 Å². The minimum absolute atomic E-state index is 0. The van der Waals surface area contributed by atoms with Crippen LogP contribution in [0.4, 0.5) is 0 Å². The molecule has 0 atom stereocenters. The van der Waals surface area contributed by atoms with E-state index >= 15 is 0 Å². The Labute approximate surface area is 146 Å². The number of hydrogen-bond acceptors (Lipinski definition) is 3. The number of aliphatic imine (C=N–C) groups is 1. The molecule has 0 unspecified atom stereocenters. The van der Waals surface area contributed by atoms with Gasteiger partial charge in [-0.25, -0.2) is 0 Å². The van der Waals surface area contributed by atoms with Crippen molar-refractivity contribution in [1.82, 2.24) is 4.98 Å². The molecule has 3 aromatic rings. The summed E-state index contributed by atoms with van der Waals surface area (Å²) in [6.07, 6.45) is 0. The van der Waals surface area contributed by atoms with E-state index in [0.717, 1.165) is 33.7 Å². The largest absolute Gasteiger partial charge is 0.496 e. The Hall–Kier alpha value is -2.66. The number of rotatable bonds is 5. The average Bonchev–Trinajstić information content (AvgIpc) is 3.03. The predicted octanol–water partition coefficient (Wildman–Crippen LogP) is 3.51. The fraction of sp³-hybridized carbons (Fsp3) is 0.167. The van der Waals surface area contributed by atoms with E-state index in [1.54, 1.807) is 14.2 Å². The molecule has 0 fully saturated rings. The first-order valence-electron chi connectivity index (χ1n) is 7.31. The number of hydrogen-bond donors (Lipinski definition) is 2. The minimum Gasteiger partial charge on any atom is -0.496 e. The smallest absolute Gasteiger partial charge is 0.142 e. The standard InChI is InChI=1S/C18H19N3O2.ClH/c1-22-16-8-5-9-17(23-2)13(16)11-20-18(19)15-10-12-6-3-4-7-14(12)21-15;/h3-10,21H,11H2,1-2H3,(H2,19,20);1H. The Morgan fingerprint density at radius 3 is 2.33 bits per heavy atom. The molecule has 3 rings (SSSR count). The molecule has 0 spiro atoms. The van der Waals surface area contributed by atoms with E-state index < -0.39 is 0 Å². The maximum Gasteiger partial charge on any atom is 0.142 e. The van der Waals surface area contributed by atoms with Crippen molar-refractivity contribution >= 4 is 29.1 Å². The van der Waals surface area contributed by atoms with Gasteiger partial charge in [0.1, 0.15) is 17.3 Å². The fourth-order valence-electron chi connectivity index (χ4n) is 2.54. The van der Waals surface area contributed by atoms with Gasteiger partial charge in [-0.05, 0) is 24.3 Å². The van der Waals surface area contributed by atoms with Crippen molar-refractivity contribution in [3.8, 4) is 11.5 Å². The number of nitrogens with zero attached hydrogens (tertiary/aromatic N) is 1. The second kappa shape index (κ2) is 7.75. The number of aromatic nitrogens is 1. The van der Waals surface area contributed by atoms with Gasteiger partial charge >= 0.3 is 0 Å². The second-order valence-corrected chi connectivity index (χ2v) is 5.11. The number of para-hydroxylation sites is 1. The number of ether oxygens (including phenoxy) is 2. The third-order valence-corrected chi connectivity index (χ3v) is 3.74. The number of methoxy groups -OCH3 is 2. The summed E-state index contributed by atoms with van der Waals surface area (Å²) in [5, 5.41) is 1.11. The number of amidine groups is 1. The third-order valence-electron chi connectivity index (χ3n) is 3.74. The van der Waals surface area contributed by atoms with Gasteiger partial charge in [0.2, 0.25) is 0 Å². The Kier molecular flexibility index (Phi) is 5.71. The molecule has 0 radical (unpaired) electrons. The lowest BCUT2D eigenvalue weighted by atomic mass is 10.1. The summed E-state index contributed by atoms with van der Waals surface area (Å²) in [4.78, 5) is 7.75. The highest BCUT2D eigenvalue weighted by Gasteiger charge is 2.10. The molecule has 24 heavy (non-hydrogen) atoms. The van der Waals surface area contributed by atoms with Gasteiger partial charge in [-0.15, -0.1) is 12.4 Å². The average molecular weight is 346 g/mol. The summed E-state index contributed by atoms with van der Waals surface area (Å²) in [7, 11) is 3.26. The highest BCUT2D eigenvalue weighted by molar-refractivity contribution is 6.00. The van der Waals surface area contributed by atoms with Crippen LogP contribution in [0.5, 0.6) is 11.5 Å². The number of aromatic amines is 1. The van der Waals surface area contributed by atoms with E-state index in [0.29, 0.717) is 12.4 Å². The minimum atomic E-state index is 0. The first kappa shape index (κ1) is 17.7. The fourth-order valence-corrected chi connectivity index (χ4v) is 2.54. The lowest BCUT2D eigenvalue weighted by molar-refractivity contribution is 0.385. The molecule has 0 bridgehead atoms. The van der Waals surface area contributed by atoms with E-state index in [9.17, 15) is 0 Å². The molecule has 1 aromatic heterocycles. The lowest BCUT2D eigenvalue weighted by Crippen LogP contribution is -2.14. The summed E-state index contributed by atoms with van der Waals surface area (Å²) in [5.41, 5.74) is 8.84. The number of halogens is 1. The van der Waals surface area contributed by atoms with E-state index in [-0.39, 0.29) is 12.4 Å². The molecule has 1 heterocycles. The van der Waals surface area contributed by atoms with Crippen LogP contribution in [0.3, 0.4) is 0 Å². The van der Waals surface area contributed by atoms with Crippen molar-refractivity contribution in [3.63, 3.8) is 0 Å². The number of fused-ring (bicyclic) bond motifs is 1. The van der Waals surface area contributed by atoms with Gasteiger partial charge in [0, 0.05) is 10.9 Å². The van der Waals surface area contributed by atoms with E-state index in [2.05, 4.69) is 9.98 Å². The van der Waals surface area contributed by atoms with Gasteiger partial charge in [-0.1, -0.05) is 24.3 Å². The maximum atomic E-state index is 6.13. The highest BCUT2D eigenvalue weighted by Crippen LogP contribution is 2.29. The topological polar surface area (TPSA) is 72.6 Å². The lowest BCUT2D eigenvalue weighted by Gasteiger charge is -2.11. The first-order valence-corrected chi connectivity index (χ1v) is 7.31. The number of H-pyrrole nitrogens is 1. The number of benzene rings is 2. The zero-order valence-electron chi connectivity index (χ0n) is 13.6. The summed E-state index contributed by atoms with van der Waals surface area (Å²) in [6.45, 7) is 0.383. The number of nitrogens with one attached hydrogen (secondary N) is 1. The predicted molar refractivity (Wildman–Crippen MR) is 99.5 cm³/mol. The molecule has 3 N–H and O–H groups in total. The van der Waals surface area contributed by atoms with Crippen molar-refractivity contribution in [2.75, 3.05) is 14.2 Å². The molecule has 0 aliphatic carbocycles. The quantitative estimate of drug-likeness (QED) is 0.549. The maximum absolute atomic E-state index is 6.13. The number of nitrogens with two attached hydrogens (primary N) is 1. The molecule has 6 heteroatoms. The summed E-state index contributed by atoms with van der Waals surface area (Å²) < 4.78 is 10.8. The Morgan fingerprint density at radius 2 is 1.71 bits per heavy atom. The normalized spacial score (nSPS) is 11.2. The zero-order chi connectivity index (χ0) is 16.2. The molecule has 0 aliphatic heterocycles. The molecule has 0 saturated carbocycles. The molecule has 0 saturated heterocycles. The molecule has 0 aliphatic rings. The monoisotopic (exact) mass is 345 g/mol. The van der Waals surface area contributed by atoms with Crippen LogP contribution in [0, 0.1) is 0 Å². The van der Waals surface area contributed by atoms with Crippen LogP contribution in [0.25, 0.3) is 10.9 Å². The van der Waals surface area contributed by atoms with Crippen molar-refractivity contribution in [3.05, 3.63) is 59.8 Å². The Balaban J connectivity index is 0.00000208. The van der Waals surface area contributed by atoms with Gasteiger partial charge in [0.25, 0.3) is 0 Å². The summed E-state index contributed by atoms with van der Waals surface area (Å²) >= 11 is 0. The Bertz CT molecular complexity index is 803. The van der Waals surface area contributed by atoms with E-state index in [1.807, 2.05) is 48.5 Å². The van der Waals surface area contributed by atoms with Crippen LogP contribution in [0.1, 0.15) is 11.3 Å². The molecule has 126 valence electrons. The second-order valence-electron chi connectivity index (χ2n) is 5.11. The van der Waals surface area contributed by atoms with Gasteiger partial charge in [-0.3, -0.25) is 4.99 Å². The van der Waals surface area contributed by atoms with Gasteiger partial charge in [0.05, 0.1) is 32.0 Å². The first-order chi connectivity index (χ1) is 11.2. The van der Waals surface area contributed by atoms with Crippen molar-refractivity contribution in [2.24, 2.45) is 10.7 Å². The van der Waals surface area contributed by atoms with Crippen molar-refractivity contribution < 1.29 is 9.47 Å². The zero-order valence-corrected chi connectivity index (χ0v) is 14.4. The van der Waals surface area contributed by atoms with E-state index in [4.69, 9.17) is 15.2 Å². The molecular weight excluding hydrogens is 326 g/mol. The van der Waals surface area contributed by atoms with Crippen LogP contribution < -0.4 is 15.2 Å².